The average Bonchev–Trinajstić information content (AvgIpc) is 3.36. The molecular formula is C29H31N7O3S. The molecule has 206 valence electrons. The van der Waals surface area contributed by atoms with Crippen LogP contribution in [0.1, 0.15) is 6.42 Å². The number of nitrogens with zero attached hydrogens (tertiary/aromatic N) is 5. The van der Waals surface area contributed by atoms with Crippen molar-refractivity contribution in [2.75, 3.05) is 37.8 Å². The number of aromatic nitrogens is 4. The lowest BCUT2D eigenvalue weighted by Gasteiger charge is -2.11. The Kier molecular flexibility index (Phi) is 7.94. The van der Waals surface area contributed by atoms with E-state index in [1.807, 2.05) is 24.5 Å². The molecule has 0 saturated carbocycles. The van der Waals surface area contributed by atoms with E-state index >= 15 is 0 Å². The lowest BCUT2D eigenvalue weighted by atomic mass is 10.1. The monoisotopic (exact) mass is 557 g/mol. The van der Waals surface area contributed by atoms with Crippen molar-refractivity contribution in [3.63, 3.8) is 0 Å². The maximum atomic E-state index is 12.7. The van der Waals surface area contributed by atoms with Crippen molar-refractivity contribution in [2.24, 2.45) is 0 Å². The van der Waals surface area contributed by atoms with E-state index in [2.05, 4.69) is 54.6 Å². The highest BCUT2D eigenvalue weighted by Gasteiger charge is 2.14. The summed E-state index contributed by atoms with van der Waals surface area (Å²) in [5.41, 5.74) is 4.93. The Labute approximate surface area is 233 Å². The minimum absolute atomic E-state index is 0.151. The number of ether oxygens (including phenoxy) is 1. The Morgan fingerprint density at radius 1 is 0.900 bits per heavy atom. The van der Waals surface area contributed by atoms with Crippen LogP contribution >= 0.6 is 0 Å². The molecule has 10 nitrogen and oxygen atoms in total. The van der Waals surface area contributed by atoms with Gasteiger partial charge in [-0.05, 0) is 87.7 Å². The topological polar surface area (TPSA) is 114 Å². The number of fused-ring (bicyclic) bond motifs is 1. The zero-order valence-corrected chi connectivity index (χ0v) is 23.4. The van der Waals surface area contributed by atoms with E-state index in [1.54, 1.807) is 36.4 Å². The lowest BCUT2D eigenvalue weighted by molar-refractivity contribution is 0.387. The van der Waals surface area contributed by atoms with Gasteiger partial charge in [-0.1, -0.05) is 6.07 Å². The van der Waals surface area contributed by atoms with Crippen LogP contribution in [0.25, 0.3) is 22.3 Å². The molecular weight excluding hydrogens is 526 g/mol. The van der Waals surface area contributed by atoms with Crippen LogP contribution in [-0.2, 0) is 16.6 Å². The molecule has 2 aromatic heterocycles. The highest BCUT2D eigenvalue weighted by atomic mass is 32.2. The number of rotatable bonds is 11. The highest BCUT2D eigenvalue weighted by Crippen LogP contribution is 2.26. The third-order valence-electron chi connectivity index (χ3n) is 6.37. The Hall–Kier alpha value is -4.48. The van der Waals surface area contributed by atoms with Crippen LogP contribution in [0.4, 0.5) is 17.2 Å². The summed E-state index contributed by atoms with van der Waals surface area (Å²) in [6.45, 7) is 1.94. The van der Waals surface area contributed by atoms with Crippen molar-refractivity contribution in [3.05, 3.63) is 85.5 Å². The molecule has 0 unspecified atom stereocenters. The van der Waals surface area contributed by atoms with Gasteiger partial charge in [0.2, 0.25) is 0 Å². The van der Waals surface area contributed by atoms with Crippen molar-refractivity contribution >= 4 is 38.2 Å². The van der Waals surface area contributed by atoms with Gasteiger partial charge < -0.3 is 19.5 Å². The second kappa shape index (κ2) is 11.7. The maximum absolute atomic E-state index is 12.7. The van der Waals surface area contributed by atoms with Gasteiger partial charge in [-0.3, -0.25) is 4.72 Å². The van der Waals surface area contributed by atoms with Gasteiger partial charge in [0.15, 0.2) is 0 Å². The molecule has 0 spiro atoms. The van der Waals surface area contributed by atoms with Crippen LogP contribution in [-0.4, -0.2) is 60.6 Å². The summed E-state index contributed by atoms with van der Waals surface area (Å²) >= 11 is 0. The summed E-state index contributed by atoms with van der Waals surface area (Å²) in [5.74, 6) is 1.20. The van der Waals surface area contributed by atoms with E-state index < -0.39 is 10.0 Å². The zero-order valence-electron chi connectivity index (χ0n) is 22.6. The fraction of sp³-hybridized carbons (Fsp3) is 0.207. The number of sulfonamides is 1. The number of anilines is 3. The minimum Gasteiger partial charge on any atom is -0.497 e. The molecule has 0 aliphatic carbocycles. The summed E-state index contributed by atoms with van der Waals surface area (Å²) < 4.78 is 35.3. The first-order chi connectivity index (χ1) is 19.3. The second-order valence-electron chi connectivity index (χ2n) is 9.57. The van der Waals surface area contributed by atoms with Gasteiger partial charge in [0.1, 0.15) is 17.9 Å². The number of benzene rings is 3. The summed E-state index contributed by atoms with van der Waals surface area (Å²) in [4.78, 5) is 15.7. The minimum atomic E-state index is -3.72. The lowest BCUT2D eigenvalue weighted by Crippen LogP contribution is -2.14. The molecule has 0 radical (unpaired) electrons. The SMILES string of the molecule is COc1ccc(S(=O)(=O)Nc2ccc(Nc3cc(-c4ccc5c(c4)ncn5CCCN(C)C)ncn3)cc2)cc1. The molecule has 0 aliphatic rings. The third kappa shape index (κ3) is 6.38. The summed E-state index contributed by atoms with van der Waals surface area (Å²) in [6, 6.07) is 21.2. The average molecular weight is 558 g/mol. The molecule has 3 aromatic carbocycles. The number of imidazole rings is 1. The van der Waals surface area contributed by atoms with Crippen LogP contribution in [0.15, 0.2) is 90.3 Å². The zero-order chi connectivity index (χ0) is 28.1. The normalized spacial score (nSPS) is 11.6. The van der Waals surface area contributed by atoms with Gasteiger partial charge >= 0.3 is 0 Å². The number of hydrogen-bond donors (Lipinski definition) is 2. The van der Waals surface area contributed by atoms with Crippen LogP contribution in [0, 0.1) is 0 Å². The molecule has 0 saturated heterocycles. The van der Waals surface area contributed by atoms with Crippen molar-refractivity contribution in [2.45, 2.75) is 17.9 Å². The molecule has 0 amide bonds. The molecule has 5 aromatic rings. The summed E-state index contributed by atoms with van der Waals surface area (Å²) in [6.07, 6.45) is 4.45. The Morgan fingerprint density at radius 3 is 2.38 bits per heavy atom. The van der Waals surface area contributed by atoms with Crippen molar-refractivity contribution in [3.8, 4) is 17.0 Å². The van der Waals surface area contributed by atoms with Crippen molar-refractivity contribution in [1.82, 2.24) is 24.4 Å². The van der Waals surface area contributed by atoms with Crippen LogP contribution < -0.4 is 14.8 Å². The van der Waals surface area contributed by atoms with E-state index in [0.717, 1.165) is 47.5 Å². The van der Waals surface area contributed by atoms with Gasteiger partial charge in [-0.25, -0.2) is 23.4 Å². The Morgan fingerprint density at radius 2 is 1.65 bits per heavy atom. The molecule has 0 aliphatic heterocycles. The first-order valence-electron chi connectivity index (χ1n) is 12.8. The Balaban J connectivity index is 1.26. The summed E-state index contributed by atoms with van der Waals surface area (Å²) in [7, 11) is 1.96. The molecule has 40 heavy (non-hydrogen) atoms. The van der Waals surface area contributed by atoms with Gasteiger partial charge in [0.05, 0.1) is 35.1 Å². The van der Waals surface area contributed by atoms with Crippen molar-refractivity contribution < 1.29 is 13.2 Å². The summed E-state index contributed by atoms with van der Waals surface area (Å²) in [5, 5.41) is 3.26. The van der Waals surface area contributed by atoms with E-state index in [1.165, 1.54) is 25.6 Å². The van der Waals surface area contributed by atoms with Crippen molar-refractivity contribution in [1.29, 1.82) is 0 Å². The maximum Gasteiger partial charge on any atom is 0.261 e. The largest absolute Gasteiger partial charge is 0.497 e. The van der Waals surface area contributed by atoms with Crippen LogP contribution in [0.3, 0.4) is 0 Å². The number of aryl methyl sites for hydroxylation is 1. The quantitative estimate of drug-likeness (QED) is 0.233. The van der Waals surface area contributed by atoms with Crippen LogP contribution in [0.5, 0.6) is 5.75 Å². The standard InChI is InChI=1S/C29H31N7O3S/c1-35(2)15-4-16-36-20-32-27-17-21(5-14-28(27)36)26-18-29(31-19-30-26)33-22-6-8-23(9-7-22)34-40(37,38)25-12-10-24(39-3)11-13-25/h5-14,17-20,34H,4,15-16H2,1-3H3,(H,30,31,33). The predicted molar refractivity (Wildman–Crippen MR) is 157 cm³/mol. The van der Waals surface area contributed by atoms with E-state index in [0.29, 0.717) is 17.3 Å². The van der Waals surface area contributed by atoms with E-state index in [9.17, 15) is 8.42 Å². The van der Waals surface area contributed by atoms with E-state index in [4.69, 9.17) is 4.74 Å². The molecule has 0 atom stereocenters. The smallest absolute Gasteiger partial charge is 0.261 e. The first kappa shape index (κ1) is 27.1. The number of hydrogen-bond acceptors (Lipinski definition) is 8. The van der Waals surface area contributed by atoms with Crippen LogP contribution in [0.2, 0.25) is 0 Å². The first-order valence-corrected chi connectivity index (χ1v) is 14.2. The fourth-order valence-corrected chi connectivity index (χ4v) is 5.34. The second-order valence-corrected chi connectivity index (χ2v) is 11.3. The van der Waals surface area contributed by atoms with E-state index in [-0.39, 0.29) is 4.90 Å². The highest BCUT2D eigenvalue weighted by molar-refractivity contribution is 7.92. The molecule has 2 N–H and O–H groups in total. The molecule has 0 fully saturated rings. The third-order valence-corrected chi connectivity index (χ3v) is 7.76. The fourth-order valence-electron chi connectivity index (χ4n) is 4.28. The molecule has 11 heteroatoms. The predicted octanol–water partition coefficient (Wildman–Crippen LogP) is 5.00. The number of nitrogens with one attached hydrogen (secondary N) is 2. The number of methoxy groups -OCH3 is 1. The van der Waals surface area contributed by atoms with Gasteiger partial charge in [0, 0.05) is 29.5 Å². The van der Waals surface area contributed by atoms with Gasteiger partial charge in [0.25, 0.3) is 10.0 Å². The van der Waals surface area contributed by atoms with Gasteiger partial charge in [-0.15, -0.1) is 0 Å². The van der Waals surface area contributed by atoms with Gasteiger partial charge in [-0.2, -0.15) is 0 Å². The Bertz CT molecular complexity index is 1700. The molecule has 5 rings (SSSR count). The molecule has 2 heterocycles. The molecule has 0 bridgehead atoms.